The van der Waals surface area contributed by atoms with Crippen LogP contribution in [0.2, 0.25) is 0 Å². The molecule has 0 fully saturated rings. The van der Waals surface area contributed by atoms with Gasteiger partial charge in [0.05, 0.1) is 0 Å². The minimum atomic E-state index is -0.505. The molecular weight excluding hydrogens is 212 g/mol. The molecule has 3 heteroatoms. The molecule has 0 spiro atoms. The summed E-state index contributed by atoms with van der Waals surface area (Å²) >= 11 is 0. The van der Waals surface area contributed by atoms with E-state index in [1.54, 1.807) is 14.2 Å². The number of benzene rings is 1. The van der Waals surface area contributed by atoms with Crippen LogP contribution in [0.1, 0.15) is 24.0 Å². The van der Waals surface area contributed by atoms with Gasteiger partial charge in [0.2, 0.25) is 0 Å². The summed E-state index contributed by atoms with van der Waals surface area (Å²) in [6.45, 7) is 0. The molecule has 0 aromatic heterocycles. The Hall–Kier alpha value is -0.570. The fraction of sp³-hybridized carbons (Fsp3) is 0.500. The highest BCUT2D eigenvalue weighted by Crippen LogP contribution is 2.38. The Labute approximate surface area is 97.0 Å². The Bertz CT molecular complexity index is 321. The lowest BCUT2D eigenvalue weighted by atomic mass is 9.86. The molecule has 2 nitrogen and oxygen atoms in total. The van der Waals surface area contributed by atoms with E-state index in [0.29, 0.717) is 0 Å². The molecule has 0 N–H and O–H groups in total. The lowest BCUT2D eigenvalue weighted by Gasteiger charge is -2.36. The number of aryl methyl sites for hydroxylation is 1. The van der Waals surface area contributed by atoms with Crippen molar-refractivity contribution >= 4 is 12.4 Å². The zero-order chi connectivity index (χ0) is 10.0. The number of ether oxygens (including phenoxy) is 2. The van der Waals surface area contributed by atoms with Crippen molar-refractivity contribution in [2.45, 2.75) is 25.0 Å². The average Bonchev–Trinajstić information content (AvgIpc) is 2.28. The maximum atomic E-state index is 5.53. The molecule has 1 aromatic rings. The largest absolute Gasteiger partial charge is 0.349 e. The summed E-state index contributed by atoms with van der Waals surface area (Å²) in [6.07, 6.45) is 3.19. The fourth-order valence-corrected chi connectivity index (χ4v) is 2.26. The van der Waals surface area contributed by atoms with Crippen molar-refractivity contribution in [3.63, 3.8) is 0 Å². The van der Waals surface area contributed by atoms with E-state index in [0.717, 1.165) is 19.3 Å². The Balaban J connectivity index is 0.00000112. The number of rotatable bonds is 2. The van der Waals surface area contributed by atoms with Crippen molar-refractivity contribution in [1.82, 2.24) is 0 Å². The van der Waals surface area contributed by atoms with E-state index in [1.807, 2.05) is 6.07 Å². The first-order valence-electron chi connectivity index (χ1n) is 5.01. The maximum absolute atomic E-state index is 5.53. The lowest BCUT2D eigenvalue weighted by molar-refractivity contribution is -0.224. The van der Waals surface area contributed by atoms with Crippen molar-refractivity contribution in [2.24, 2.45) is 0 Å². The van der Waals surface area contributed by atoms with Crippen molar-refractivity contribution < 1.29 is 9.47 Å². The topological polar surface area (TPSA) is 18.5 Å². The van der Waals surface area contributed by atoms with Crippen LogP contribution in [-0.4, -0.2) is 14.2 Å². The Morgan fingerprint density at radius 2 is 1.80 bits per heavy atom. The SMILES string of the molecule is COC1(OC)CCCc2ccccc21.Cl. The summed E-state index contributed by atoms with van der Waals surface area (Å²) in [5, 5.41) is 0. The van der Waals surface area contributed by atoms with Crippen LogP contribution in [0, 0.1) is 0 Å². The van der Waals surface area contributed by atoms with Gasteiger partial charge in [0.15, 0.2) is 5.79 Å². The van der Waals surface area contributed by atoms with Crippen molar-refractivity contribution in [2.75, 3.05) is 14.2 Å². The van der Waals surface area contributed by atoms with E-state index < -0.39 is 5.79 Å². The second-order valence-corrected chi connectivity index (χ2v) is 3.67. The van der Waals surface area contributed by atoms with E-state index in [1.165, 1.54) is 11.1 Å². The van der Waals surface area contributed by atoms with Crippen molar-refractivity contribution in [3.8, 4) is 0 Å². The van der Waals surface area contributed by atoms with Crippen LogP contribution in [0.3, 0.4) is 0 Å². The zero-order valence-corrected chi connectivity index (χ0v) is 9.97. The third kappa shape index (κ3) is 2.03. The summed E-state index contributed by atoms with van der Waals surface area (Å²) in [6, 6.07) is 8.36. The molecule has 0 heterocycles. The third-order valence-corrected chi connectivity index (χ3v) is 3.04. The van der Waals surface area contributed by atoms with Gasteiger partial charge in [-0.1, -0.05) is 24.3 Å². The number of fused-ring (bicyclic) bond motifs is 1. The van der Waals surface area contributed by atoms with Crippen molar-refractivity contribution in [1.29, 1.82) is 0 Å². The predicted molar refractivity (Wildman–Crippen MR) is 62.3 cm³/mol. The van der Waals surface area contributed by atoms with Crippen LogP contribution in [0.4, 0.5) is 0 Å². The molecule has 1 aromatic carbocycles. The maximum Gasteiger partial charge on any atom is 0.194 e. The molecule has 1 aliphatic carbocycles. The lowest BCUT2D eigenvalue weighted by Crippen LogP contribution is -2.34. The Kier molecular flexibility index (Phi) is 4.14. The van der Waals surface area contributed by atoms with Gasteiger partial charge in [0, 0.05) is 26.2 Å². The van der Waals surface area contributed by atoms with Gasteiger partial charge in [-0.05, 0) is 18.4 Å². The average molecular weight is 229 g/mol. The summed E-state index contributed by atoms with van der Waals surface area (Å²) in [5.41, 5.74) is 2.54. The second-order valence-electron chi connectivity index (χ2n) is 3.67. The first-order chi connectivity index (χ1) is 6.82. The number of halogens is 1. The first kappa shape index (κ1) is 12.5. The molecular formula is C12H17ClO2. The summed E-state index contributed by atoms with van der Waals surface area (Å²) in [7, 11) is 3.43. The Morgan fingerprint density at radius 3 is 2.47 bits per heavy atom. The molecule has 0 saturated heterocycles. The van der Waals surface area contributed by atoms with Gasteiger partial charge in [0.1, 0.15) is 0 Å². The van der Waals surface area contributed by atoms with E-state index in [-0.39, 0.29) is 12.4 Å². The van der Waals surface area contributed by atoms with Gasteiger partial charge in [-0.2, -0.15) is 0 Å². The molecule has 0 radical (unpaired) electrons. The van der Waals surface area contributed by atoms with Crippen LogP contribution in [0.5, 0.6) is 0 Å². The smallest absolute Gasteiger partial charge is 0.194 e. The summed E-state index contributed by atoms with van der Waals surface area (Å²) in [4.78, 5) is 0. The molecule has 0 amide bonds. The molecule has 15 heavy (non-hydrogen) atoms. The highest BCUT2D eigenvalue weighted by Gasteiger charge is 2.36. The normalized spacial score (nSPS) is 17.7. The van der Waals surface area contributed by atoms with Crippen LogP contribution < -0.4 is 0 Å². The van der Waals surface area contributed by atoms with Gasteiger partial charge in [-0.25, -0.2) is 0 Å². The highest BCUT2D eigenvalue weighted by atomic mass is 35.5. The van der Waals surface area contributed by atoms with Gasteiger partial charge in [0.25, 0.3) is 0 Å². The second kappa shape index (κ2) is 4.97. The van der Waals surface area contributed by atoms with Crippen LogP contribution in [0.15, 0.2) is 24.3 Å². The first-order valence-corrected chi connectivity index (χ1v) is 5.01. The van der Waals surface area contributed by atoms with Gasteiger partial charge in [-0.3, -0.25) is 0 Å². The van der Waals surface area contributed by atoms with E-state index >= 15 is 0 Å². The molecule has 0 bridgehead atoms. The summed E-state index contributed by atoms with van der Waals surface area (Å²) in [5.74, 6) is -0.505. The van der Waals surface area contributed by atoms with Gasteiger partial charge < -0.3 is 9.47 Å². The molecule has 0 unspecified atom stereocenters. The van der Waals surface area contributed by atoms with Crippen molar-refractivity contribution in [3.05, 3.63) is 35.4 Å². The van der Waals surface area contributed by atoms with E-state index in [2.05, 4.69) is 18.2 Å². The number of methoxy groups -OCH3 is 2. The fourth-order valence-electron chi connectivity index (χ4n) is 2.26. The monoisotopic (exact) mass is 228 g/mol. The zero-order valence-electron chi connectivity index (χ0n) is 9.16. The summed E-state index contributed by atoms with van der Waals surface area (Å²) < 4.78 is 11.1. The minimum Gasteiger partial charge on any atom is -0.349 e. The van der Waals surface area contributed by atoms with Gasteiger partial charge >= 0.3 is 0 Å². The number of hydrogen-bond acceptors (Lipinski definition) is 2. The molecule has 0 aliphatic heterocycles. The van der Waals surface area contributed by atoms with Crippen LogP contribution >= 0.6 is 12.4 Å². The quantitative estimate of drug-likeness (QED) is 0.725. The standard InChI is InChI=1S/C12H16O2.ClH/c1-13-12(14-2)9-5-7-10-6-3-4-8-11(10)12;/h3-4,6,8H,5,7,9H2,1-2H3;1H. The van der Waals surface area contributed by atoms with Crippen LogP contribution in [-0.2, 0) is 21.7 Å². The molecule has 0 saturated carbocycles. The molecule has 2 rings (SSSR count). The van der Waals surface area contributed by atoms with E-state index in [4.69, 9.17) is 9.47 Å². The third-order valence-electron chi connectivity index (χ3n) is 3.04. The molecule has 1 aliphatic rings. The minimum absolute atomic E-state index is 0. The van der Waals surface area contributed by atoms with Gasteiger partial charge in [-0.15, -0.1) is 12.4 Å². The molecule has 0 atom stereocenters. The van der Waals surface area contributed by atoms with E-state index in [9.17, 15) is 0 Å². The highest BCUT2D eigenvalue weighted by molar-refractivity contribution is 5.85. The molecule has 84 valence electrons. The number of hydrogen-bond donors (Lipinski definition) is 0. The Morgan fingerprint density at radius 1 is 1.13 bits per heavy atom. The predicted octanol–water partition coefficient (Wildman–Crippen LogP) is 2.89. The van der Waals surface area contributed by atoms with Crippen LogP contribution in [0.25, 0.3) is 0 Å².